The molecular formula is C28H39F3N6O4. The van der Waals surface area contributed by atoms with E-state index in [1.807, 2.05) is 23.1 Å². The van der Waals surface area contributed by atoms with Gasteiger partial charge in [0.25, 0.3) is 5.91 Å². The lowest BCUT2D eigenvalue weighted by Crippen LogP contribution is -2.53. The van der Waals surface area contributed by atoms with Crippen LogP contribution in [0.5, 0.6) is 0 Å². The summed E-state index contributed by atoms with van der Waals surface area (Å²) in [4.78, 5) is 36.3. The number of alkyl halides is 3. The Balaban J connectivity index is 0.000000745. The highest BCUT2D eigenvalue weighted by molar-refractivity contribution is 5.93. The highest BCUT2D eigenvalue weighted by atomic mass is 19.4. The molecule has 0 unspecified atom stereocenters. The van der Waals surface area contributed by atoms with Crippen molar-refractivity contribution in [3.8, 4) is 0 Å². The fraction of sp³-hybridized carbons (Fsp3) is 0.536. The number of halogens is 3. The van der Waals surface area contributed by atoms with Crippen molar-refractivity contribution in [1.82, 2.24) is 25.7 Å². The van der Waals surface area contributed by atoms with Crippen LogP contribution in [0.3, 0.4) is 0 Å². The number of rotatable bonds is 9. The molecule has 1 atom stereocenters. The van der Waals surface area contributed by atoms with E-state index in [0.717, 1.165) is 24.9 Å². The summed E-state index contributed by atoms with van der Waals surface area (Å²) in [5.74, 6) is -1.61. The number of hydrogen-bond donors (Lipinski definition) is 4. The van der Waals surface area contributed by atoms with Crippen LogP contribution in [0.15, 0.2) is 36.4 Å². The van der Waals surface area contributed by atoms with E-state index >= 15 is 0 Å². The number of urea groups is 1. The maximum atomic E-state index is 13.3. The summed E-state index contributed by atoms with van der Waals surface area (Å²) in [7, 11) is 0. The van der Waals surface area contributed by atoms with Crippen LogP contribution in [-0.4, -0.2) is 76.5 Å². The molecule has 1 fully saturated rings. The number of piperazine rings is 1. The molecule has 0 radical (unpaired) electrons. The molecule has 2 heterocycles. The van der Waals surface area contributed by atoms with Gasteiger partial charge >= 0.3 is 18.2 Å². The Kier molecular flexibility index (Phi) is 13.0. The molecule has 0 bridgehead atoms. The Hall–Kier alpha value is -3.74. The molecule has 2 aromatic rings. The predicted octanol–water partition coefficient (Wildman–Crippen LogP) is 4.13. The third kappa shape index (κ3) is 12.1. The monoisotopic (exact) mass is 580 g/mol. The standard InChI is InChI=1S/C26H38N6O2.C2HF3O2/c1-18(2)10-11-28-26(34)29-24-21(14-19(3)4)16-23(30-31-24)25(33)32-13-12-27-22(17-32)15-20-8-6-5-7-9-20;3-2(4,5)1(6)7/h5-9,16,18-19,22,27H,10-15,17H2,1-4H3,(H2,28,29,31,34);(H,6,7)/t22-;/m0./s1. The van der Waals surface area contributed by atoms with Gasteiger partial charge in [0, 0.05) is 32.2 Å². The second-order valence-corrected chi connectivity index (χ2v) is 10.7. The second-order valence-electron chi connectivity index (χ2n) is 10.7. The molecule has 226 valence electrons. The van der Waals surface area contributed by atoms with E-state index in [1.54, 1.807) is 6.07 Å². The highest BCUT2D eigenvalue weighted by Gasteiger charge is 2.38. The SMILES string of the molecule is CC(C)CCNC(=O)Nc1nnc(C(=O)N2CCN[C@@H](Cc3ccccc3)C2)cc1CC(C)C.O=C(O)C(F)(F)F. The minimum absolute atomic E-state index is 0.120. The van der Waals surface area contributed by atoms with Gasteiger partial charge < -0.3 is 20.6 Å². The van der Waals surface area contributed by atoms with E-state index in [0.29, 0.717) is 49.4 Å². The normalized spacial score (nSPS) is 15.2. The van der Waals surface area contributed by atoms with E-state index < -0.39 is 12.1 Å². The van der Waals surface area contributed by atoms with Crippen molar-refractivity contribution in [2.45, 2.75) is 59.2 Å². The van der Waals surface area contributed by atoms with Crippen LogP contribution in [0, 0.1) is 11.8 Å². The number of aliphatic carboxylic acids is 1. The molecule has 0 aliphatic carbocycles. The van der Waals surface area contributed by atoms with Gasteiger partial charge in [0.05, 0.1) is 0 Å². The first-order valence-corrected chi connectivity index (χ1v) is 13.5. The van der Waals surface area contributed by atoms with Crippen LogP contribution in [0.2, 0.25) is 0 Å². The number of carbonyl (C=O) groups excluding carboxylic acids is 2. The van der Waals surface area contributed by atoms with Gasteiger partial charge in [-0.25, -0.2) is 9.59 Å². The van der Waals surface area contributed by atoms with E-state index in [2.05, 4.69) is 66.0 Å². The summed E-state index contributed by atoms with van der Waals surface area (Å²) in [6.45, 7) is 11.0. The minimum atomic E-state index is -5.08. The minimum Gasteiger partial charge on any atom is -0.475 e. The first kappa shape index (κ1) is 33.5. The average Bonchev–Trinajstić information content (AvgIpc) is 2.89. The summed E-state index contributed by atoms with van der Waals surface area (Å²) in [5.41, 5.74) is 2.39. The van der Waals surface area contributed by atoms with Crippen LogP contribution in [0.25, 0.3) is 0 Å². The molecule has 4 N–H and O–H groups in total. The number of amides is 3. The van der Waals surface area contributed by atoms with Gasteiger partial charge in [-0.15, -0.1) is 10.2 Å². The number of benzene rings is 1. The summed E-state index contributed by atoms with van der Waals surface area (Å²) < 4.78 is 31.7. The molecule has 3 amide bonds. The lowest BCUT2D eigenvalue weighted by atomic mass is 10.0. The van der Waals surface area contributed by atoms with Crippen molar-refractivity contribution in [2.75, 3.05) is 31.5 Å². The van der Waals surface area contributed by atoms with Gasteiger partial charge in [-0.2, -0.15) is 13.2 Å². The Morgan fingerprint density at radius 1 is 1.10 bits per heavy atom. The largest absolute Gasteiger partial charge is 0.490 e. The fourth-order valence-electron chi connectivity index (χ4n) is 4.07. The van der Waals surface area contributed by atoms with Crippen LogP contribution < -0.4 is 16.0 Å². The Morgan fingerprint density at radius 3 is 2.34 bits per heavy atom. The topological polar surface area (TPSA) is 137 Å². The maximum Gasteiger partial charge on any atom is 0.490 e. The second kappa shape index (κ2) is 15.9. The molecule has 1 aliphatic heterocycles. The van der Waals surface area contributed by atoms with Gasteiger partial charge in [-0.3, -0.25) is 10.1 Å². The quantitative estimate of drug-likeness (QED) is 0.350. The van der Waals surface area contributed by atoms with Crippen molar-refractivity contribution in [1.29, 1.82) is 0 Å². The third-order valence-electron chi connectivity index (χ3n) is 6.07. The van der Waals surface area contributed by atoms with Crippen LogP contribution >= 0.6 is 0 Å². The third-order valence-corrected chi connectivity index (χ3v) is 6.07. The predicted molar refractivity (Wildman–Crippen MR) is 149 cm³/mol. The zero-order chi connectivity index (χ0) is 30.6. The number of aromatic nitrogens is 2. The van der Waals surface area contributed by atoms with E-state index in [9.17, 15) is 22.8 Å². The van der Waals surface area contributed by atoms with Gasteiger partial charge in [0.1, 0.15) is 0 Å². The summed E-state index contributed by atoms with van der Waals surface area (Å²) in [6.07, 6.45) is -2.62. The lowest BCUT2D eigenvalue weighted by molar-refractivity contribution is -0.192. The molecule has 1 aromatic heterocycles. The van der Waals surface area contributed by atoms with E-state index in [1.165, 1.54) is 5.56 Å². The van der Waals surface area contributed by atoms with Crippen molar-refractivity contribution >= 4 is 23.7 Å². The zero-order valence-electron chi connectivity index (χ0n) is 23.8. The van der Waals surface area contributed by atoms with E-state index in [-0.39, 0.29) is 18.0 Å². The van der Waals surface area contributed by atoms with Gasteiger partial charge in [0.15, 0.2) is 11.5 Å². The Labute approximate surface area is 238 Å². The highest BCUT2D eigenvalue weighted by Crippen LogP contribution is 2.19. The van der Waals surface area contributed by atoms with Crippen LogP contribution in [0.1, 0.15) is 55.7 Å². The number of carboxylic acid groups (broad SMARTS) is 1. The van der Waals surface area contributed by atoms with Gasteiger partial charge in [0.2, 0.25) is 0 Å². The summed E-state index contributed by atoms with van der Waals surface area (Å²) in [6, 6.07) is 12.0. The molecule has 1 saturated heterocycles. The summed E-state index contributed by atoms with van der Waals surface area (Å²) in [5, 5.41) is 24.7. The molecular weight excluding hydrogens is 541 g/mol. The number of nitrogens with one attached hydrogen (secondary N) is 3. The van der Waals surface area contributed by atoms with Gasteiger partial charge in [-0.05, 0) is 48.3 Å². The average molecular weight is 581 g/mol. The maximum absolute atomic E-state index is 13.3. The van der Waals surface area contributed by atoms with Crippen molar-refractivity contribution in [3.05, 3.63) is 53.2 Å². The first-order valence-electron chi connectivity index (χ1n) is 13.5. The number of nitrogens with zero attached hydrogens (tertiary/aromatic N) is 3. The molecule has 3 rings (SSSR count). The number of carboxylic acids is 1. The molecule has 0 spiro atoms. The van der Waals surface area contributed by atoms with Crippen LogP contribution in [0.4, 0.5) is 23.8 Å². The van der Waals surface area contributed by atoms with Gasteiger partial charge in [-0.1, -0.05) is 58.0 Å². The first-order chi connectivity index (χ1) is 19.3. The molecule has 0 saturated carbocycles. The van der Waals surface area contributed by atoms with Crippen molar-refractivity contribution < 1.29 is 32.7 Å². The van der Waals surface area contributed by atoms with Crippen LogP contribution in [-0.2, 0) is 17.6 Å². The smallest absolute Gasteiger partial charge is 0.475 e. The molecule has 1 aliphatic rings. The Morgan fingerprint density at radius 2 is 1.76 bits per heavy atom. The number of anilines is 1. The lowest BCUT2D eigenvalue weighted by Gasteiger charge is -2.33. The fourth-order valence-corrected chi connectivity index (χ4v) is 4.07. The van der Waals surface area contributed by atoms with E-state index in [4.69, 9.17) is 9.90 Å². The number of hydrogen-bond acceptors (Lipinski definition) is 6. The van der Waals surface area contributed by atoms with Crippen molar-refractivity contribution in [2.24, 2.45) is 11.8 Å². The molecule has 10 nitrogen and oxygen atoms in total. The Bertz CT molecular complexity index is 1150. The van der Waals surface area contributed by atoms with Crippen molar-refractivity contribution in [3.63, 3.8) is 0 Å². The number of carbonyl (C=O) groups is 3. The molecule has 1 aromatic carbocycles. The molecule has 41 heavy (non-hydrogen) atoms. The summed E-state index contributed by atoms with van der Waals surface area (Å²) >= 11 is 0. The molecule has 13 heteroatoms. The zero-order valence-corrected chi connectivity index (χ0v) is 23.8.